The van der Waals surface area contributed by atoms with Gasteiger partial charge in [-0.15, -0.1) is 5.10 Å². The van der Waals surface area contributed by atoms with Crippen molar-refractivity contribution in [2.24, 2.45) is 5.73 Å². The molecule has 0 aliphatic carbocycles. The molecular weight excluding hydrogens is 242 g/mol. The van der Waals surface area contributed by atoms with Crippen LogP contribution in [0.4, 0.5) is 0 Å². The van der Waals surface area contributed by atoms with Crippen molar-refractivity contribution >= 4 is 0 Å². The van der Waals surface area contributed by atoms with Crippen molar-refractivity contribution < 1.29 is 4.74 Å². The molecule has 0 radical (unpaired) electrons. The van der Waals surface area contributed by atoms with Gasteiger partial charge < -0.3 is 10.5 Å². The van der Waals surface area contributed by atoms with Gasteiger partial charge >= 0.3 is 0 Å². The largest absolute Gasteiger partial charge is 0.434 e. The Bertz CT molecular complexity index is 576. The second-order valence-electron chi connectivity index (χ2n) is 4.75. The van der Waals surface area contributed by atoms with E-state index in [9.17, 15) is 0 Å². The van der Waals surface area contributed by atoms with Gasteiger partial charge in [0.15, 0.2) is 5.75 Å². The van der Waals surface area contributed by atoms with Gasteiger partial charge in [0, 0.05) is 18.2 Å². The van der Waals surface area contributed by atoms with Crippen LogP contribution < -0.4 is 10.5 Å². The summed E-state index contributed by atoms with van der Waals surface area (Å²) in [6, 6.07) is 0.289. The van der Waals surface area contributed by atoms with E-state index in [1.807, 2.05) is 24.7 Å². The van der Waals surface area contributed by atoms with Crippen molar-refractivity contribution in [1.29, 1.82) is 0 Å². The third kappa shape index (κ3) is 2.73. The van der Waals surface area contributed by atoms with E-state index in [2.05, 4.69) is 29.1 Å². The quantitative estimate of drug-likeness (QED) is 0.912. The van der Waals surface area contributed by atoms with Crippen LogP contribution in [0.3, 0.4) is 0 Å². The maximum Gasteiger partial charge on any atom is 0.243 e. The van der Waals surface area contributed by atoms with Crippen LogP contribution in [-0.2, 0) is 6.54 Å². The number of hydrogen-bond donors (Lipinski definition) is 1. The van der Waals surface area contributed by atoms with E-state index >= 15 is 0 Å². The number of aryl methyl sites for hydroxylation is 1. The van der Waals surface area contributed by atoms with Gasteiger partial charge in [0.25, 0.3) is 0 Å². The van der Waals surface area contributed by atoms with Crippen molar-refractivity contribution in [3.63, 3.8) is 0 Å². The molecule has 0 bridgehead atoms. The van der Waals surface area contributed by atoms with Crippen LogP contribution in [0, 0.1) is 13.8 Å². The predicted molar refractivity (Wildman–Crippen MR) is 72.1 cm³/mol. The fraction of sp³-hybridized carbons (Fsp3) is 0.462. The minimum absolute atomic E-state index is 0.289. The lowest BCUT2D eigenvalue weighted by Gasteiger charge is -2.10. The summed E-state index contributed by atoms with van der Waals surface area (Å²) in [6.45, 7) is 8.35. The minimum Gasteiger partial charge on any atom is -0.434 e. The maximum absolute atomic E-state index is 5.76. The molecule has 0 aliphatic heterocycles. The highest BCUT2D eigenvalue weighted by Gasteiger charge is 2.13. The van der Waals surface area contributed by atoms with Crippen LogP contribution in [0.5, 0.6) is 11.6 Å². The first-order chi connectivity index (χ1) is 9.02. The molecule has 0 saturated carbocycles. The molecule has 2 aromatic heterocycles. The van der Waals surface area contributed by atoms with Crippen LogP contribution in [0.1, 0.15) is 36.7 Å². The van der Waals surface area contributed by atoms with Crippen LogP contribution >= 0.6 is 0 Å². The van der Waals surface area contributed by atoms with Crippen molar-refractivity contribution in [2.45, 2.75) is 40.3 Å². The number of nitrogens with zero attached hydrogens (tertiary/aromatic N) is 4. The summed E-state index contributed by atoms with van der Waals surface area (Å²) in [5, 5.41) is 12.4. The summed E-state index contributed by atoms with van der Waals surface area (Å²) in [7, 11) is 0. The highest BCUT2D eigenvalue weighted by molar-refractivity contribution is 5.37. The van der Waals surface area contributed by atoms with Gasteiger partial charge in [0.2, 0.25) is 5.88 Å². The smallest absolute Gasteiger partial charge is 0.243 e. The normalized spacial score (nSPS) is 11.1. The molecule has 0 unspecified atom stereocenters. The Kier molecular flexibility index (Phi) is 3.80. The van der Waals surface area contributed by atoms with Crippen LogP contribution in [-0.4, -0.2) is 20.0 Å². The fourth-order valence-electron chi connectivity index (χ4n) is 1.72. The number of hydrogen-bond acceptors (Lipinski definition) is 5. The van der Waals surface area contributed by atoms with Crippen LogP contribution in [0.2, 0.25) is 0 Å². The molecule has 0 spiro atoms. The SMILES string of the molecule is Cc1nnc(Oc2cnn(C(C)C)c2)c(CN)c1C. The third-order valence-electron chi connectivity index (χ3n) is 3.07. The summed E-state index contributed by atoms with van der Waals surface area (Å²) >= 11 is 0. The average Bonchev–Trinajstić information content (AvgIpc) is 2.83. The minimum atomic E-state index is 0.289. The lowest BCUT2D eigenvalue weighted by atomic mass is 10.1. The van der Waals surface area contributed by atoms with Crippen LogP contribution in [0.25, 0.3) is 0 Å². The van der Waals surface area contributed by atoms with Crippen LogP contribution in [0.15, 0.2) is 12.4 Å². The number of rotatable bonds is 4. The Balaban J connectivity index is 2.30. The highest BCUT2D eigenvalue weighted by atomic mass is 16.5. The number of ether oxygens (including phenoxy) is 1. The van der Waals surface area contributed by atoms with Gasteiger partial charge in [-0.3, -0.25) is 4.68 Å². The van der Waals surface area contributed by atoms with Crippen molar-refractivity contribution in [3.8, 4) is 11.6 Å². The van der Waals surface area contributed by atoms with E-state index in [-0.39, 0.29) is 6.04 Å². The molecule has 0 atom stereocenters. The summed E-state index contributed by atoms with van der Waals surface area (Å²) in [6.07, 6.45) is 3.50. The Hall–Kier alpha value is -1.95. The average molecular weight is 261 g/mol. The Morgan fingerprint density at radius 1 is 1.32 bits per heavy atom. The second kappa shape index (κ2) is 5.36. The predicted octanol–water partition coefficient (Wildman–Crippen LogP) is 2.12. The van der Waals surface area contributed by atoms with E-state index in [0.29, 0.717) is 18.2 Å². The Morgan fingerprint density at radius 2 is 2.05 bits per heavy atom. The van der Waals surface area contributed by atoms with E-state index in [1.54, 1.807) is 6.20 Å². The van der Waals surface area contributed by atoms with E-state index in [0.717, 1.165) is 16.8 Å². The van der Waals surface area contributed by atoms with Gasteiger partial charge in [-0.1, -0.05) is 0 Å². The monoisotopic (exact) mass is 261 g/mol. The van der Waals surface area contributed by atoms with E-state index < -0.39 is 0 Å². The molecule has 2 aromatic rings. The highest BCUT2D eigenvalue weighted by Crippen LogP contribution is 2.25. The lowest BCUT2D eigenvalue weighted by molar-refractivity contribution is 0.443. The molecule has 0 aromatic carbocycles. The molecule has 6 nitrogen and oxygen atoms in total. The van der Waals surface area contributed by atoms with Crippen molar-refractivity contribution in [1.82, 2.24) is 20.0 Å². The summed E-state index contributed by atoms with van der Waals surface area (Å²) < 4.78 is 7.56. The van der Waals surface area contributed by atoms with Gasteiger partial charge in [0.1, 0.15) is 0 Å². The molecule has 2 rings (SSSR count). The number of nitrogens with two attached hydrogens (primary N) is 1. The fourth-order valence-corrected chi connectivity index (χ4v) is 1.72. The molecule has 0 fully saturated rings. The molecule has 6 heteroatoms. The standard InChI is InChI=1S/C13H19N5O/c1-8(2)18-7-11(6-15-18)19-13-12(5-14)9(3)10(4)16-17-13/h6-8H,5,14H2,1-4H3. The van der Waals surface area contributed by atoms with Crippen molar-refractivity contribution in [3.05, 3.63) is 29.2 Å². The van der Waals surface area contributed by atoms with Gasteiger partial charge in [-0.2, -0.15) is 10.2 Å². The molecule has 0 aliphatic rings. The molecule has 102 valence electrons. The molecular formula is C13H19N5O. The van der Waals surface area contributed by atoms with E-state index in [1.165, 1.54) is 0 Å². The van der Waals surface area contributed by atoms with Crippen molar-refractivity contribution in [2.75, 3.05) is 0 Å². The summed E-state index contributed by atoms with van der Waals surface area (Å²) in [5.74, 6) is 1.09. The Labute approximate surface area is 112 Å². The zero-order valence-corrected chi connectivity index (χ0v) is 11.7. The van der Waals surface area contributed by atoms with Gasteiger partial charge in [-0.05, 0) is 33.3 Å². The molecule has 0 saturated heterocycles. The zero-order chi connectivity index (χ0) is 14.0. The number of aromatic nitrogens is 4. The van der Waals surface area contributed by atoms with Gasteiger partial charge in [0.05, 0.1) is 18.1 Å². The first-order valence-electron chi connectivity index (χ1n) is 6.27. The Morgan fingerprint density at radius 3 is 2.63 bits per heavy atom. The molecule has 2 heterocycles. The second-order valence-corrected chi connectivity index (χ2v) is 4.75. The topological polar surface area (TPSA) is 78.9 Å². The first kappa shape index (κ1) is 13.5. The molecule has 0 amide bonds. The maximum atomic E-state index is 5.76. The zero-order valence-electron chi connectivity index (χ0n) is 11.7. The summed E-state index contributed by atoms with van der Waals surface area (Å²) in [5.41, 5.74) is 8.52. The molecule has 2 N–H and O–H groups in total. The van der Waals surface area contributed by atoms with Gasteiger partial charge in [-0.25, -0.2) is 0 Å². The third-order valence-corrected chi connectivity index (χ3v) is 3.07. The summed E-state index contributed by atoms with van der Waals surface area (Å²) in [4.78, 5) is 0. The lowest BCUT2D eigenvalue weighted by Crippen LogP contribution is -2.07. The first-order valence-corrected chi connectivity index (χ1v) is 6.27. The van der Waals surface area contributed by atoms with E-state index in [4.69, 9.17) is 10.5 Å². The molecule has 19 heavy (non-hydrogen) atoms.